The van der Waals surface area contributed by atoms with Crippen LogP contribution in [0, 0.1) is 6.92 Å². The van der Waals surface area contributed by atoms with Crippen LogP contribution in [0.5, 0.6) is 0 Å². The van der Waals surface area contributed by atoms with Gasteiger partial charge in [0.05, 0.1) is 11.9 Å². The highest BCUT2D eigenvalue weighted by atomic mass is 16.3. The Kier molecular flexibility index (Phi) is 1.42. The smallest absolute Gasteiger partial charge is 0.108 e. The number of fused-ring (bicyclic) bond motifs is 1. The lowest BCUT2D eigenvalue weighted by Gasteiger charge is -2.21. The van der Waals surface area contributed by atoms with E-state index in [2.05, 4.69) is 0 Å². The average molecular weight is 164 g/mol. The van der Waals surface area contributed by atoms with Crippen LogP contribution < -0.4 is 0 Å². The number of rotatable bonds is 0. The Labute approximate surface area is 71.5 Å². The average Bonchev–Trinajstić information content (AvgIpc) is 2.30. The monoisotopic (exact) mass is 164 g/mol. The Morgan fingerprint density at radius 2 is 2.33 bits per heavy atom. The van der Waals surface area contributed by atoms with Gasteiger partial charge in [-0.3, -0.25) is 0 Å². The minimum absolute atomic E-state index is 0.649. The molecule has 0 bridgehead atoms. The summed E-state index contributed by atoms with van der Waals surface area (Å²) in [5, 5.41) is 9.70. The topological polar surface area (TPSA) is 33.4 Å². The van der Waals surface area contributed by atoms with Crippen molar-refractivity contribution in [3.63, 3.8) is 0 Å². The van der Waals surface area contributed by atoms with E-state index in [1.807, 2.05) is 19.1 Å². The Morgan fingerprint density at radius 3 is 3.08 bits per heavy atom. The summed E-state index contributed by atoms with van der Waals surface area (Å²) in [5.74, 6) is 0.928. The molecule has 0 saturated carbocycles. The van der Waals surface area contributed by atoms with E-state index in [-0.39, 0.29) is 0 Å². The van der Waals surface area contributed by atoms with Crippen LogP contribution in [0.1, 0.15) is 23.8 Å². The molecule has 1 aromatic rings. The van der Waals surface area contributed by atoms with E-state index >= 15 is 0 Å². The van der Waals surface area contributed by atoms with Crippen LogP contribution in [0.3, 0.4) is 0 Å². The van der Waals surface area contributed by atoms with E-state index in [0.717, 1.165) is 16.9 Å². The Bertz CT molecular complexity index is 332. The molecule has 12 heavy (non-hydrogen) atoms. The summed E-state index contributed by atoms with van der Waals surface area (Å²) in [7, 11) is 0. The second-order valence-corrected chi connectivity index (χ2v) is 3.60. The lowest BCUT2D eigenvalue weighted by atomic mass is 9.89. The van der Waals surface area contributed by atoms with Crippen molar-refractivity contribution in [1.82, 2.24) is 0 Å². The highest BCUT2D eigenvalue weighted by Gasteiger charge is 2.24. The van der Waals surface area contributed by atoms with Gasteiger partial charge < -0.3 is 9.52 Å². The molecule has 1 aromatic heterocycles. The van der Waals surface area contributed by atoms with E-state index < -0.39 is 5.60 Å². The lowest BCUT2D eigenvalue weighted by Crippen LogP contribution is -2.26. The molecule has 0 radical (unpaired) electrons. The summed E-state index contributed by atoms with van der Waals surface area (Å²) < 4.78 is 5.25. The van der Waals surface area contributed by atoms with E-state index in [4.69, 9.17) is 4.42 Å². The summed E-state index contributed by atoms with van der Waals surface area (Å²) in [4.78, 5) is 0. The van der Waals surface area contributed by atoms with E-state index in [1.54, 1.807) is 13.2 Å². The number of furan rings is 1. The molecule has 64 valence electrons. The molecule has 2 rings (SSSR count). The first kappa shape index (κ1) is 7.62. The van der Waals surface area contributed by atoms with Gasteiger partial charge in [-0.1, -0.05) is 12.2 Å². The third-order valence-electron chi connectivity index (χ3n) is 2.26. The fraction of sp³-hybridized carbons (Fsp3) is 0.400. The first-order valence-electron chi connectivity index (χ1n) is 4.07. The summed E-state index contributed by atoms with van der Waals surface area (Å²) in [6, 6.07) is 0. The maximum atomic E-state index is 9.70. The molecule has 2 nitrogen and oxygen atoms in total. The zero-order valence-corrected chi connectivity index (χ0v) is 7.29. The Hall–Kier alpha value is -1.02. The molecule has 0 spiro atoms. The van der Waals surface area contributed by atoms with Crippen molar-refractivity contribution >= 4 is 6.08 Å². The van der Waals surface area contributed by atoms with Crippen molar-refractivity contribution in [2.75, 3.05) is 0 Å². The van der Waals surface area contributed by atoms with Gasteiger partial charge in [0, 0.05) is 17.5 Å². The van der Waals surface area contributed by atoms with Gasteiger partial charge in [0.15, 0.2) is 0 Å². The second kappa shape index (κ2) is 2.23. The maximum absolute atomic E-state index is 9.70. The number of hydrogen-bond acceptors (Lipinski definition) is 2. The number of aryl methyl sites for hydroxylation is 1. The van der Waals surface area contributed by atoms with E-state index in [9.17, 15) is 5.11 Å². The second-order valence-electron chi connectivity index (χ2n) is 3.60. The van der Waals surface area contributed by atoms with Gasteiger partial charge in [-0.15, -0.1) is 0 Å². The van der Waals surface area contributed by atoms with Crippen molar-refractivity contribution in [3.8, 4) is 0 Å². The van der Waals surface area contributed by atoms with Crippen LogP contribution in [0.2, 0.25) is 0 Å². The molecular formula is C10H12O2. The van der Waals surface area contributed by atoms with Gasteiger partial charge in [-0.2, -0.15) is 0 Å². The van der Waals surface area contributed by atoms with Gasteiger partial charge in [0.25, 0.3) is 0 Å². The molecule has 1 heterocycles. The van der Waals surface area contributed by atoms with Crippen LogP contribution in [-0.4, -0.2) is 10.7 Å². The first-order valence-corrected chi connectivity index (χ1v) is 4.07. The normalized spacial score (nSPS) is 27.2. The zero-order chi connectivity index (χ0) is 8.77. The molecule has 0 saturated heterocycles. The standard InChI is InChI=1S/C10H12O2/c1-7-9-3-4-10(2,11)5-8(9)6-12-7/h3-4,6,11H,5H2,1-2H3. The van der Waals surface area contributed by atoms with Crippen molar-refractivity contribution in [1.29, 1.82) is 0 Å². The molecule has 0 amide bonds. The number of hydrogen-bond donors (Lipinski definition) is 1. The highest BCUT2D eigenvalue weighted by Crippen LogP contribution is 2.28. The number of aliphatic hydroxyl groups is 1. The SMILES string of the molecule is Cc1occ2c1C=CC(C)(O)C2. The fourth-order valence-corrected chi connectivity index (χ4v) is 1.58. The van der Waals surface area contributed by atoms with Gasteiger partial charge >= 0.3 is 0 Å². The van der Waals surface area contributed by atoms with Crippen LogP contribution in [0.25, 0.3) is 6.08 Å². The Balaban J connectivity index is 2.48. The predicted octanol–water partition coefficient (Wildman–Crippen LogP) is 1.91. The molecule has 2 heteroatoms. The van der Waals surface area contributed by atoms with Crippen molar-refractivity contribution < 1.29 is 9.52 Å². The largest absolute Gasteiger partial charge is 0.469 e. The molecule has 1 N–H and O–H groups in total. The molecule has 1 unspecified atom stereocenters. The van der Waals surface area contributed by atoms with Gasteiger partial charge in [-0.05, 0) is 13.8 Å². The molecule has 1 aliphatic carbocycles. The van der Waals surface area contributed by atoms with Gasteiger partial charge in [-0.25, -0.2) is 0 Å². The molecule has 0 aliphatic heterocycles. The third kappa shape index (κ3) is 1.08. The molecular weight excluding hydrogens is 152 g/mol. The zero-order valence-electron chi connectivity index (χ0n) is 7.29. The van der Waals surface area contributed by atoms with Crippen molar-refractivity contribution in [2.45, 2.75) is 25.9 Å². The minimum atomic E-state index is -0.705. The predicted molar refractivity (Wildman–Crippen MR) is 46.8 cm³/mol. The van der Waals surface area contributed by atoms with E-state index in [1.165, 1.54) is 0 Å². The molecule has 0 fully saturated rings. The van der Waals surface area contributed by atoms with Crippen LogP contribution in [0.4, 0.5) is 0 Å². The Morgan fingerprint density at radius 1 is 1.58 bits per heavy atom. The summed E-state index contributed by atoms with van der Waals surface area (Å²) in [5.41, 5.74) is 1.52. The lowest BCUT2D eigenvalue weighted by molar-refractivity contribution is 0.111. The highest BCUT2D eigenvalue weighted by molar-refractivity contribution is 5.59. The fourth-order valence-electron chi connectivity index (χ4n) is 1.58. The van der Waals surface area contributed by atoms with Gasteiger partial charge in [0.1, 0.15) is 5.76 Å². The van der Waals surface area contributed by atoms with Crippen LogP contribution in [0.15, 0.2) is 16.8 Å². The summed E-state index contributed by atoms with van der Waals surface area (Å²) >= 11 is 0. The maximum Gasteiger partial charge on any atom is 0.108 e. The van der Waals surface area contributed by atoms with Crippen molar-refractivity contribution in [3.05, 3.63) is 29.2 Å². The molecule has 1 atom stereocenters. The quantitative estimate of drug-likeness (QED) is 0.635. The minimum Gasteiger partial charge on any atom is -0.469 e. The summed E-state index contributed by atoms with van der Waals surface area (Å²) in [6.45, 7) is 3.73. The molecule has 0 aromatic carbocycles. The van der Waals surface area contributed by atoms with Gasteiger partial charge in [0.2, 0.25) is 0 Å². The van der Waals surface area contributed by atoms with Crippen LogP contribution >= 0.6 is 0 Å². The van der Waals surface area contributed by atoms with Crippen molar-refractivity contribution in [2.24, 2.45) is 0 Å². The molecule has 1 aliphatic rings. The summed E-state index contributed by atoms with van der Waals surface area (Å²) in [6.07, 6.45) is 6.12. The first-order chi connectivity index (χ1) is 5.58. The third-order valence-corrected chi connectivity index (χ3v) is 2.26. The van der Waals surface area contributed by atoms with E-state index in [0.29, 0.717) is 6.42 Å². The van der Waals surface area contributed by atoms with Crippen LogP contribution in [-0.2, 0) is 6.42 Å².